The van der Waals surface area contributed by atoms with Crippen LogP contribution in [0.5, 0.6) is 0 Å². The van der Waals surface area contributed by atoms with Gasteiger partial charge in [-0.05, 0) is 25.7 Å². The molecule has 0 N–H and O–H groups in total. The van der Waals surface area contributed by atoms with E-state index in [1.807, 2.05) is 0 Å². The predicted molar refractivity (Wildman–Crippen MR) is 56.6 cm³/mol. The van der Waals surface area contributed by atoms with E-state index in [9.17, 15) is 0 Å². The van der Waals surface area contributed by atoms with Gasteiger partial charge < -0.3 is 4.57 Å². The molecule has 4 nitrogen and oxygen atoms in total. The average Bonchev–Trinajstić information content (AvgIpc) is 3.13. The maximum absolute atomic E-state index is 8.57. The van der Waals surface area contributed by atoms with Crippen molar-refractivity contribution in [2.24, 2.45) is 0 Å². The molecule has 2 aliphatic rings. The van der Waals surface area contributed by atoms with Gasteiger partial charge in [0.25, 0.3) is 0 Å². The van der Waals surface area contributed by atoms with Crippen molar-refractivity contribution in [2.75, 3.05) is 5.75 Å². The van der Waals surface area contributed by atoms with Gasteiger partial charge in [-0.1, -0.05) is 11.8 Å². The van der Waals surface area contributed by atoms with E-state index < -0.39 is 0 Å². The molecular formula is C10H12N4S. The normalized spacial score (nSPS) is 20.2. The number of thioether (sulfide) groups is 1. The Kier molecular flexibility index (Phi) is 2.17. The van der Waals surface area contributed by atoms with Crippen LogP contribution >= 0.6 is 11.8 Å². The molecule has 0 aliphatic heterocycles. The van der Waals surface area contributed by atoms with Crippen LogP contribution in [0, 0.1) is 11.3 Å². The van der Waals surface area contributed by atoms with Crippen molar-refractivity contribution < 1.29 is 0 Å². The third kappa shape index (κ3) is 1.74. The maximum Gasteiger partial charge on any atom is 0.192 e. The van der Waals surface area contributed by atoms with Crippen molar-refractivity contribution in [3.8, 4) is 6.07 Å². The van der Waals surface area contributed by atoms with Crippen LogP contribution in [0.1, 0.15) is 43.5 Å². The molecule has 2 saturated carbocycles. The van der Waals surface area contributed by atoms with Gasteiger partial charge in [0.1, 0.15) is 5.82 Å². The Morgan fingerprint density at radius 2 is 2.13 bits per heavy atom. The van der Waals surface area contributed by atoms with Crippen LogP contribution in [0.25, 0.3) is 0 Å². The summed E-state index contributed by atoms with van der Waals surface area (Å²) >= 11 is 1.51. The van der Waals surface area contributed by atoms with E-state index in [1.165, 1.54) is 37.4 Å². The Morgan fingerprint density at radius 1 is 1.33 bits per heavy atom. The standard InChI is InChI=1S/C10H12N4S/c11-5-6-15-10-13-12-9(7-1-2-7)14(10)8-3-4-8/h7-8H,1-4,6H2. The first-order chi connectivity index (χ1) is 7.40. The molecule has 1 aromatic rings. The molecule has 1 heterocycles. The second kappa shape index (κ2) is 3.53. The highest BCUT2D eigenvalue weighted by molar-refractivity contribution is 7.99. The lowest BCUT2D eigenvalue weighted by Gasteiger charge is -2.06. The zero-order chi connectivity index (χ0) is 10.3. The van der Waals surface area contributed by atoms with Gasteiger partial charge in [0, 0.05) is 12.0 Å². The van der Waals surface area contributed by atoms with Crippen molar-refractivity contribution in [2.45, 2.75) is 42.8 Å². The van der Waals surface area contributed by atoms with Gasteiger partial charge in [-0.25, -0.2) is 0 Å². The Bertz CT molecular complexity index is 412. The molecule has 15 heavy (non-hydrogen) atoms. The molecule has 3 rings (SSSR count). The fourth-order valence-corrected chi connectivity index (χ4v) is 2.45. The second-order valence-electron chi connectivity index (χ2n) is 4.16. The topological polar surface area (TPSA) is 54.5 Å². The van der Waals surface area contributed by atoms with E-state index >= 15 is 0 Å². The van der Waals surface area contributed by atoms with E-state index in [0.717, 1.165) is 11.0 Å². The van der Waals surface area contributed by atoms with Gasteiger partial charge in [-0.15, -0.1) is 10.2 Å². The monoisotopic (exact) mass is 220 g/mol. The van der Waals surface area contributed by atoms with Gasteiger partial charge in [-0.2, -0.15) is 5.26 Å². The Labute approximate surface area is 92.7 Å². The molecule has 2 fully saturated rings. The van der Waals surface area contributed by atoms with Crippen molar-refractivity contribution in [3.05, 3.63) is 5.82 Å². The highest BCUT2D eigenvalue weighted by Crippen LogP contribution is 2.45. The Hall–Kier alpha value is -1.02. The smallest absolute Gasteiger partial charge is 0.192 e. The highest BCUT2D eigenvalue weighted by atomic mass is 32.2. The molecule has 0 unspecified atom stereocenters. The fraction of sp³-hybridized carbons (Fsp3) is 0.700. The first-order valence-corrected chi connectivity index (χ1v) is 6.33. The largest absolute Gasteiger partial charge is 0.303 e. The quantitative estimate of drug-likeness (QED) is 0.729. The lowest BCUT2D eigenvalue weighted by molar-refractivity contribution is 0.627. The number of hydrogen-bond acceptors (Lipinski definition) is 4. The minimum absolute atomic E-state index is 0.468. The Morgan fingerprint density at radius 3 is 2.73 bits per heavy atom. The number of hydrogen-bond donors (Lipinski definition) is 0. The lowest BCUT2D eigenvalue weighted by atomic mass is 10.4. The van der Waals surface area contributed by atoms with Crippen LogP contribution in [0.3, 0.4) is 0 Å². The van der Waals surface area contributed by atoms with Crippen LogP contribution in [-0.4, -0.2) is 20.5 Å². The summed E-state index contributed by atoms with van der Waals surface area (Å²) in [6.07, 6.45) is 5.01. The third-order valence-electron chi connectivity index (χ3n) is 2.81. The molecule has 1 aromatic heterocycles. The molecule has 0 radical (unpaired) electrons. The Balaban J connectivity index is 1.88. The summed E-state index contributed by atoms with van der Waals surface area (Å²) in [5.41, 5.74) is 0. The summed E-state index contributed by atoms with van der Waals surface area (Å²) in [6, 6.07) is 2.76. The average molecular weight is 220 g/mol. The van der Waals surface area contributed by atoms with E-state index in [1.54, 1.807) is 0 Å². The molecule has 0 spiro atoms. The molecule has 0 aromatic carbocycles. The lowest BCUT2D eigenvalue weighted by Crippen LogP contribution is -2.01. The predicted octanol–water partition coefficient (Wildman–Crippen LogP) is 2.11. The molecule has 0 bridgehead atoms. The highest BCUT2D eigenvalue weighted by Gasteiger charge is 2.36. The molecule has 2 aliphatic carbocycles. The van der Waals surface area contributed by atoms with Gasteiger partial charge in [0.15, 0.2) is 5.16 Å². The zero-order valence-electron chi connectivity index (χ0n) is 8.39. The number of rotatable bonds is 4. The van der Waals surface area contributed by atoms with Gasteiger partial charge in [0.2, 0.25) is 0 Å². The summed E-state index contributed by atoms with van der Waals surface area (Å²) in [7, 11) is 0. The van der Waals surface area contributed by atoms with Crippen LogP contribution in [0.2, 0.25) is 0 Å². The van der Waals surface area contributed by atoms with Crippen molar-refractivity contribution in [1.82, 2.24) is 14.8 Å². The molecule has 0 atom stereocenters. The van der Waals surface area contributed by atoms with E-state index in [0.29, 0.717) is 17.7 Å². The van der Waals surface area contributed by atoms with Crippen molar-refractivity contribution >= 4 is 11.8 Å². The first kappa shape index (κ1) is 9.22. The molecule has 5 heteroatoms. The molecule has 78 valence electrons. The van der Waals surface area contributed by atoms with Crippen LogP contribution in [0.15, 0.2) is 5.16 Å². The summed E-state index contributed by atoms with van der Waals surface area (Å²) in [5.74, 6) is 2.28. The summed E-state index contributed by atoms with van der Waals surface area (Å²) < 4.78 is 2.28. The van der Waals surface area contributed by atoms with E-state index in [2.05, 4.69) is 20.8 Å². The van der Waals surface area contributed by atoms with Gasteiger partial charge in [0.05, 0.1) is 11.8 Å². The summed E-state index contributed by atoms with van der Waals surface area (Å²) in [5, 5.41) is 18.0. The first-order valence-electron chi connectivity index (χ1n) is 5.34. The number of nitrogens with zero attached hydrogens (tertiary/aromatic N) is 4. The van der Waals surface area contributed by atoms with Gasteiger partial charge in [-0.3, -0.25) is 0 Å². The van der Waals surface area contributed by atoms with Crippen LogP contribution < -0.4 is 0 Å². The fourth-order valence-electron chi connectivity index (χ4n) is 1.78. The minimum atomic E-state index is 0.468. The van der Waals surface area contributed by atoms with Crippen LogP contribution in [0.4, 0.5) is 0 Å². The maximum atomic E-state index is 8.57. The minimum Gasteiger partial charge on any atom is -0.303 e. The number of nitriles is 1. The van der Waals surface area contributed by atoms with Gasteiger partial charge >= 0.3 is 0 Å². The number of aromatic nitrogens is 3. The van der Waals surface area contributed by atoms with E-state index in [-0.39, 0.29) is 0 Å². The van der Waals surface area contributed by atoms with Crippen molar-refractivity contribution in [3.63, 3.8) is 0 Å². The SMILES string of the molecule is N#CCSc1nnc(C2CC2)n1C1CC1. The third-order valence-corrected chi connectivity index (χ3v) is 3.62. The zero-order valence-corrected chi connectivity index (χ0v) is 9.20. The molecule has 0 amide bonds. The van der Waals surface area contributed by atoms with Crippen LogP contribution in [-0.2, 0) is 0 Å². The second-order valence-corrected chi connectivity index (χ2v) is 5.11. The summed E-state index contributed by atoms with van der Waals surface area (Å²) in [6.45, 7) is 0. The van der Waals surface area contributed by atoms with Crippen molar-refractivity contribution in [1.29, 1.82) is 5.26 Å². The van der Waals surface area contributed by atoms with E-state index in [4.69, 9.17) is 5.26 Å². The molecule has 0 saturated heterocycles. The molecular weight excluding hydrogens is 208 g/mol. The summed E-state index contributed by atoms with van der Waals surface area (Å²) in [4.78, 5) is 0.